The maximum atomic E-state index is 13.6. The number of carbonyl (C=O) groups excluding carboxylic acids is 2. The Balaban J connectivity index is 1.82. The number of nitrogens with zero attached hydrogens (tertiary/aromatic N) is 1. The molecule has 1 aliphatic heterocycles. The van der Waals surface area contributed by atoms with Gasteiger partial charge in [-0.1, -0.05) is 43.6 Å². The van der Waals surface area contributed by atoms with E-state index in [2.05, 4.69) is 0 Å². The molecule has 1 heterocycles. The van der Waals surface area contributed by atoms with Crippen LogP contribution in [0.4, 0.5) is 4.39 Å². The largest absolute Gasteiger partial charge is 0.505 e. The van der Waals surface area contributed by atoms with E-state index in [1.54, 1.807) is 12.1 Å². The average Bonchev–Trinajstić information content (AvgIpc) is 3.04. The number of allylic oxidation sites excluding steroid dienone is 2. The van der Waals surface area contributed by atoms with Crippen molar-refractivity contribution in [3.05, 3.63) is 46.3 Å². The van der Waals surface area contributed by atoms with Crippen molar-refractivity contribution < 1.29 is 29.3 Å². The van der Waals surface area contributed by atoms with Crippen LogP contribution in [0, 0.1) is 23.6 Å². The monoisotopic (exact) mass is 473 g/mol. The lowest BCUT2D eigenvalue weighted by molar-refractivity contribution is -0.140. The van der Waals surface area contributed by atoms with Crippen LogP contribution < -0.4 is 0 Å². The molecule has 2 aliphatic rings. The number of fused-ring (bicyclic) bond motifs is 1. The summed E-state index contributed by atoms with van der Waals surface area (Å²) in [6, 6.07) is 4.18. The summed E-state index contributed by atoms with van der Waals surface area (Å²) in [6.45, 7) is 5.93. The Morgan fingerprint density at radius 2 is 1.97 bits per heavy atom. The van der Waals surface area contributed by atoms with Gasteiger partial charge in [0.05, 0.1) is 24.5 Å². The molecule has 1 saturated heterocycles. The molecule has 1 aliphatic carbocycles. The number of aromatic hydroxyl groups is 1. The molecule has 0 bridgehead atoms. The number of halogens is 1. The van der Waals surface area contributed by atoms with E-state index >= 15 is 0 Å². The zero-order valence-corrected chi connectivity index (χ0v) is 20.3. The fourth-order valence-electron chi connectivity index (χ4n) is 5.50. The van der Waals surface area contributed by atoms with Crippen LogP contribution in [0.1, 0.15) is 64.9 Å². The number of amides is 2. The molecule has 3 N–H and O–H groups in total. The Bertz CT molecular complexity index is 985. The highest BCUT2D eigenvalue weighted by Crippen LogP contribution is 2.47. The third-order valence-corrected chi connectivity index (χ3v) is 7.03. The van der Waals surface area contributed by atoms with Crippen molar-refractivity contribution in [2.75, 3.05) is 13.2 Å². The van der Waals surface area contributed by atoms with Crippen LogP contribution in [0.3, 0.4) is 0 Å². The predicted molar refractivity (Wildman–Crippen MR) is 128 cm³/mol. The summed E-state index contributed by atoms with van der Waals surface area (Å²) < 4.78 is 13.6. The van der Waals surface area contributed by atoms with Crippen molar-refractivity contribution >= 4 is 17.9 Å². The van der Waals surface area contributed by atoms with E-state index in [0.29, 0.717) is 49.8 Å². The standard InChI is InChI=1S/C27H36FNO5/c1-4-6-18-14-19-25(27(34)29(11-5-2)26(19)33)20(15-30)24(18)23(32)9-7-16(3)12-17-8-10-22(31)21(28)13-17/h8,10,12-13,19-20,23,25,30-32H,4-7,9,11,14-15H2,1-3H3/b16-12+/t19-,20+,23-,25-/m1/s1. The molecule has 4 atom stereocenters. The van der Waals surface area contributed by atoms with Crippen LogP contribution in [0.15, 0.2) is 34.9 Å². The number of phenols is 1. The highest BCUT2D eigenvalue weighted by atomic mass is 19.1. The smallest absolute Gasteiger partial charge is 0.233 e. The minimum Gasteiger partial charge on any atom is -0.505 e. The summed E-state index contributed by atoms with van der Waals surface area (Å²) in [4.78, 5) is 27.4. The van der Waals surface area contributed by atoms with E-state index < -0.39 is 35.4 Å². The van der Waals surface area contributed by atoms with E-state index in [9.17, 15) is 29.3 Å². The number of carbonyl (C=O) groups is 2. The SMILES string of the molecule is CCCC1=C([C@H](O)CC/C(C)=C/c2ccc(O)c(F)c2)[C@H](CO)[C@@H]2C(=O)N(CCC)C(=O)[C@@H]2C1. The van der Waals surface area contributed by atoms with Crippen molar-refractivity contribution in [2.45, 2.75) is 65.4 Å². The molecule has 1 aromatic carbocycles. The zero-order valence-electron chi connectivity index (χ0n) is 20.3. The summed E-state index contributed by atoms with van der Waals surface area (Å²) in [5.41, 5.74) is 3.25. The van der Waals surface area contributed by atoms with Crippen LogP contribution in [0.2, 0.25) is 0 Å². The van der Waals surface area contributed by atoms with Gasteiger partial charge in [0.1, 0.15) is 0 Å². The number of likely N-dealkylation sites (tertiary alicyclic amines) is 1. The quantitative estimate of drug-likeness (QED) is 0.350. The van der Waals surface area contributed by atoms with Gasteiger partial charge < -0.3 is 15.3 Å². The average molecular weight is 474 g/mol. The highest BCUT2D eigenvalue weighted by molar-refractivity contribution is 6.05. The second-order valence-corrected chi connectivity index (χ2v) is 9.52. The van der Waals surface area contributed by atoms with Gasteiger partial charge in [-0.2, -0.15) is 0 Å². The van der Waals surface area contributed by atoms with Gasteiger partial charge in [-0.05, 0) is 62.3 Å². The lowest BCUT2D eigenvalue weighted by Gasteiger charge is -2.36. The number of aliphatic hydroxyl groups is 2. The summed E-state index contributed by atoms with van der Waals surface area (Å²) in [5, 5.41) is 30.9. The first kappa shape index (κ1) is 26.1. The van der Waals surface area contributed by atoms with Gasteiger partial charge in [-0.3, -0.25) is 14.5 Å². The number of hydrogen-bond acceptors (Lipinski definition) is 5. The molecule has 186 valence electrons. The number of benzene rings is 1. The summed E-state index contributed by atoms with van der Waals surface area (Å²) in [5.74, 6) is -3.12. The number of phenolic OH excluding ortho intramolecular Hbond substituents is 1. The lowest BCUT2D eigenvalue weighted by atomic mass is 9.67. The molecule has 1 fully saturated rings. The van der Waals surface area contributed by atoms with Crippen LogP contribution >= 0.6 is 0 Å². The van der Waals surface area contributed by atoms with Gasteiger partial charge in [0, 0.05) is 12.5 Å². The van der Waals surface area contributed by atoms with Crippen molar-refractivity contribution in [1.29, 1.82) is 0 Å². The fourth-order valence-corrected chi connectivity index (χ4v) is 5.50. The summed E-state index contributed by atoms with van der Waals surface area (Å²) in [7, 11) is 0. The second kappa shape index (κ2) is 11.3. The van der Waals surface area contributed by atoms with Gasteiger partial charge in [0.15, 0.2) is 11.6 Å². The Hall–Kier alpha value is -2.51. The molecule has 0 saturated carbocycles. The van der Waals surface area contributed by atoms with E-state index in [4.69, 9.17) is 0 Å². The van der Waals surface area contributed by atoms with Gasteiger partial charge in [-0.15, -0.1) is 0 Å². The Morgan fingerprint density at radius 1 is 1.24 bits per heavy atom. The topological polar surface area (TPSA) is 98.1 Å². The summed E-state index contributed by atoms with van der Waals surface area (Å²) in [6.07, 6.45) is 4.57. The molecule has 0 spiro atoms. The van der Waals surface area contributed by atoms with Crippen LogP contribution in [0.5, 0.6) is 5.75 Å². The molecule has 2 amide bonds. The minimum absolute atomic E-state index is 0.155. The van der Waals surface area contributed by atoms with Crippen LogP contribution in [-0.2, 0) is 9.59 Å². The molecule has 6 nitrogen and oxygen atoms in total. The molecule has 0 radical (unpaired) electrons. The predicted octanol–water partition coefficient (Wildman–Crippen LogP) is 4.20. The molecule has 0 unspecified atom stereocenters. The highest BCUT2D eigenvalue weighted by Gasteiger charge is 2.54. The van der Waals surface area contributed by atoms with Gasteiger partial charge in [-0.25, -0.2) is 4.39 Å². The third kappa shape index (κ3) is 5.26. The van der Waals surface area contributed by atoms with Crippen molar-refractivity contribution in [1.82, 2.24) is 4.90 Å². The molecule has 7 heteroatoms. The molecule has 1 aromatic rings. The number of rotatable bonds is 10. The van der Waals surface area contributed by atoms with Gasteiger partial charge in [0.25, 0.3) is 0 Å². The van der Waals surface area contributed by atoms with E-state index in [-0.39, 0.29) is 18.4 Å². The van der Waals surface area contributed by atoms with Crippen LogP contribution in [0.25, 0.3) is 6.08 Å². The Morgan fingerprint density at radius 3 is 2.59 bits per heavy atom. The first-order chi connectivity index (χ1) is 16.2. The first-order valence-electron chi connectivity index (χ1n) is 12.2. The van der Waals surface area contributed by atoms with E-state index in [1.807, 2.05) is 20.8 Å². The minimum atomic E-state index is -0.845. The van der Waals surface area contributed by atoms with E-state index in [1.165, 1.54) is 17.0 Å². The first-order valence-corrected chi connectivity index (χ1v) is 12.2. The van der Waals surface area contributed by atoms with Crippen LogP contribution in [-0.4, -0.2) is 51.3 Å². The maximum Gasteiger partial charge on any atom is 0.233 e. The normalized spacial score (nSPS) is 24.1. The number of hydrogen-bond donors (Lipinski definition) is 3. The van der Waals surface area contributed by atoms with Crippen molar-refractivity contribution in [3.63, 3.8) is 0 Å². The van der Waals surface area contributed by atoms with Crippen molar-refractivity contribution in [2.24, 2.45) is 17.8 Å². The van der Waals surface area contributed by atoms with Crippen molar-refractivity contribution in [3.8, 4) is 5.75 Å². The second-order valence-electron chi connectivity index (χ2n) is 9.52. The molecule has 34 heavy (non-hydrogen) atoms. The molecule has 3 rings (SSSR count). The van der Waals surface area contributed by atoms with E-state index in [0.717, 1.165) is 17.6 Å². The Kier molecular flexibility index (Phi) is 8.66. The van der Waals surface area contributed by atoms with Gasteiger partial charge >= 0.3 is 0 Å². The number of aliphatic hydroxyl groups excluding tert-OH is 2. The fraction of sp³-hybridized carbons (Fsp3) is 0.556. The summed E-state index contributed by atoms with van der Waals surface area (Å²) >= 11 is 0. The number of imide groups is 1. The molecular weight excluding hydrogens is 437 g/mol. The van der Waals surface area contributed by atoms with Gasteiger partial charge in [0.2, 0.25) is 11.8 Å². The third-order valence-electron chi connectivity index (χ3n) is 7.03. The maximum absolute atomic E-state index is 13.6. The molecular formula is C27H36FNO5. The molecule has 0 aromatic heterocycles. The Labute approximate surface area is 200 Å². The zero-order chi connectivity index (χ0) is 25.0. The lowest BCUT2D eigenvalue weighted by Crippen LogP contribution is -2.39.